The molecule has 3 aromatic rings. The second-order valence-corrected chi connectivity index (χ2v) is 7.29. The molecule has 1 aromatic heterocycles. The van der Waals surface area contributed by atoms with Crippen LogP contribution in [0, 0.1) is 13.8 Å². The quantitative estimate of drug-likeness (QED) is 0.718. The van der Waals surface area contributed by atoms with Gasteiger partial charge < -0.3 is 9.84 Å². The van der Waals surface area contributed by atoms with Gasteiger partial charge in [-0.3, -0.25) is 4.79 Å². The van der Waals surface area contributed by atoms with Gasteiger partial charge in [-0.15, -0.1) is 0 Å². The number of nitrogens with zero attached hydrogens (tertiary/aromatic N) is 1. The number of fused-ring (bicyclic) bond motifs is 4. The largest absolute Gasteiger partial charge is 0.361 e. The van der Waals surface area contributed by atoms with Gasteiger partial charge in [0, 0.05) is 17.2 Å². The number of benzene rings is 2. The molecule has 0 saturated heterocycles. The first-order valence-electron chi connectivity index (χ1n) is 9.06. The molecule has 4 heteroatoms. The zero-order chi connectivity index (χ0) is 17.9. The van der Waals surface area contributed by atoms with Crippen molar-refractivity contribution in [3.05, 3.63) is 82.2 Å². The van der Waals surface area contributed by atoms with Crippen molar-refractivity contribution in [1.82, 2.24) is 5.16 Å². The topological polar surface area (TPSA) is 55.1 Å². The summed E-state index contributed by atoms with van der Waals surface area (Å²) in [4.78, 5) is 13.5. The summed E-state index contributed by atoms with van der Waals surface area (Å²) >= 11 is 0. The summed E-state index contributed by atoms with van der Waals surface area (Å²) < 4.78 is 5.48. The van der Waals surface area contributed by atoms with Gasteiger partial charge in [-0.05, 0) is 49.4 Å². The number of aromatic nitrogens is 1. The number of para-hydroxylation sites is 1. The van der Waals surface area contributed by atoms with Crippen LogP contribution >= 0.6 is 0 Å². The number of anilines is 1. The number of nitrogens with one attached hydrogen (secondary N) is 1. The van der Waals surface area contributed by atoms with E-state index in [0.29, 0.717) is 0 Å². The Balaban J connectivity index is 1.87. The summed E-state index contributed by atoms with van der Waals surface area (Å²) in [5.41, 5.74) is 5.55. The van der Waals surface area contributed by atoms with Crippen molar-refractivity contribution in [2.24, 2.45) is 0 Å². The number of rotatable bonds is 1. The van der Waals surface area contributed by atoms with Crippen LogP contribution in [0.5, 0.6) is 0 Å². The highest BCUT2D eigenvalue weighted by Crippen LogP contribution is 2.57. The molecule has 2 heterocycles. The van der Waals surface area contributed by atoms with Gasteiger partial charge in [0.05, 0.1) is 5.69 Å². The lowest BCUT2D eigenvalue weighted by Crippen LogP contribution is -2.45. The van der Waals surface area contributed by atoms with Gasteiger partial charge in [-0.2, -0.15) is 0 Å². The van der Waals surface area contributed by atoms with E-state index in [-0.39, 0.29) is 11.8 Å². The third kappa shape index (κ3) is 1.79. The average molecular weight is 344 g/mol. The molecule has 2 aliphatic rings. The number of amides is 1. The molecule has 1 spiro atoms. The lowest BCUT2D eigenvalue weighted by molar-refractivity contribution is -0.120. The van der Waals surface area contributed by atoms with E-state index >= 15 is 0 Å². The molecule has 4 nitrogen and oxygen atoms in total. The minimum absolute atomic E-state index is 0.00676. The molecule has 0 fully saturated rings. The summed E-state index contributed by atoms with van der Waals surface area (Å²) in [5, 5.41) is 7.32. The second-order valence-electron chi connectivity index (χ2n) is 7.29. The van der Waals surface area contributed by atoms with Crippen LogP contribution in [0.3, 0.4) is 0 Å². The highest BCUT2D eigenvalue weighted by molar-refractivity contribution is 6.10. The first-order valence-corrected chi connectivity index (χ1v) is 9.06. The molecule has 2 aromatic carbocycles. The smallest absolute Gasteiger partial charge is 0.240 e. The van der Waals surface area contributed by atoms with Gasteiger partial charge in [0.25, 0.3) is 0 Å². The Morgan fingerprint density at radius 2 is 1.81 bits per heavy atom. The van der Waals surface area contributed by atoms with E-state index in [1.165, 1.54) is 5.56 Å². The molecular weight excluding hydrogens is 324 g/mol. The maximum absolute atomic E-state index is 13.5. The van der Waals surface area contributed by atoms with Crippen molar-refractivity contribution in [3.63, 3.8) is 0 Å². The van der Waals surface area contributed by atoms with Crippen molar-refractivity contribution in [1.29, 1.82) is 0 Å². The van der Waals surface area contributed by atoms with E-state index in [1.54, 1.807) is 0 Å². The molecule has 2 unspecified atom stereocenters. The van der Waals surface area contributed by atoms with Crippen LogP contribution in [-0.4, -0.2) is 11.1 Å². The molecule has 0 saturated carbocycles. The molecule has 0 bridgehead atoms. The lowest BCUT2D eigenvalue weighted by Gasteiger charge is -2.41. The Morgan fingerprint density at radius 3 is 2.58 bits per heavy atom. The van der Waals surface area contributed by atoms with Gasteiger partial charge in [0.2, 0.25) is 5.91 Å². The second kappa shape index (κ2) is 5.31. The standard InChI is InChI=1S/C22H20N2O2/c1-13-20(14(2)26-24-13)18-12-11-15-7-3-4-8-16(15)22(18)17-9-5-6-10-19(17)23-21(22)25/h3-10,18H,11-12H2,1-2H3,(H,23,25). The van der Waals surface area contributed by atoms with Crippen molar-refractivity contribution < 1.29 is 9.32 Å². The van der Waals surface area contributed by atoms with Gasteiger partial charge in [0.15, 0.2) is 0 Å². The van der Waals surface area contributed by atoms with E-state index in [4.69, 9.17) is 4.52 Å². The Kier molecular flexibility index (Phi) is 3.14. The van der Waals surface area contributed by atoms with Gasteiger partial charge >= 0.3 is 0 Å². The van der Waals surface area contributed by atoms with Crippen molar-refractivity contribution in [3.8, 4) is 0 Å². The fraction of sp³-hybridized carbons (Fsp3) is 0.273. The maximum atomic E-state index is 13.5. The summed E-state index contributed by atoms with van der Waals surface area (Å²) in [7, 11) is 0. The molecule has 26 heavy (non-hydrogen) atoms. The monoisotopic (exact) mass is 344 g/mol. The van der Waals surface area contributed by atoms with Crippen molar-refractivity contribution >= 4 is 11.6 Å². The van der Waals surface area contributed by atoms with Crippen LogP contribution in [-0.2, 0) is 16.6 Å². The minimum atomic E-state index is -0.730. The molecule has 2 atom stereocenters. The number of hydrogen-bond donors (Lipinski definition) is 1. The van der Waals surface area contributed by atoms with E-state index < -0.39 is 5.41 Å². The van der Waals surface area contributed by atoms with Gasteiger partial charge in [-0.25, -0.2) is 0 Å². The normalized spacial score (nSPS) is 23.6. The Labute approximate surface area is 152 Å². The van der Waals surface area contributed by atoms with E-state index in [1.807, 2.05) is 38.1 Å². The third-order valence-electron chi connectivity index (χ3n) is 6.06. The summed E-state index contributed by atoms with van der Waals surface area (Å²) in [6, 6.07) is 16.4. The first-order chi connectivity index (χ1) is 12.6. The fourth-order valence-corrected chi connectivity index (χ4v) is 5.07. The minimum Gasteiger partial charge on any atom is -0.361 e. The highest BCUT2D eigenvalue weighted by atomic mass is 16.5. The van der Waals surface area contributed by atoms with E-state index in [0.717, 1.165) is 46.7 Å². The third-order valence-corrected chi connectivity index (χ3v) is 6.06. The molecule has 1 aliphatic carbocycles. The Bertz CT molecular complexity index is 1020. The number of aryl methyl sites for hydroxylation is 3. The number of carbonyl (C=O) groups excluding carboxylic acids is 1. The van der Waals surface area contributed by atoms with Crippen LogP contribution in [0.2, 0.25) is 0 Å². The van der Waals surface area contributed by atoms with Crippen molar-refractivity contribution in [2.45, 2.75) is 38.0 Å². The molecule has 1 N–H and O–H groups in total. The summed E-state index contributed by atoms with van der Waals surface area (Å²) in [6.45, 7) is 3.92. The molecule has 1 amide bonds. The number of carbonyl (C=O) groups is 1. The van der Waals surface area contributed by atoms with Crippen LogP contribution in [0.15, 0.2) is 53.1 Å². The number of hydrogen-bond acceptors (Lipinski definition) is 3. The fourth-order valence-electron chi connectivity index (χ4n) is 5.07. The maximum Gasteiger partial charge on any atom is 0.240 e. The first kappa shape index (κ1) is 15.4. The molecule has 130 valence electrons. The zero-order valence-corrected chi connectivity index (χ0v) is 14.9. The highest BCUT2D eigenvalue weighted by Gasteiger charge is 2.57. The van der Waals surface area contributed by atoms with Crippen molar-refractivity contribution in [2.75, 3.05) is 5.32 Å². The van der Waals surface area contributed by atoms with Crippen LogP contribution in [0.25, 0.3) is 0 Å². The molecular formula is C22H20N2O2. The van der Waals surface area contributed by atoms with Crippen LogP contribution < -0.4 is 5.32 Å². The van der Waals surface area contributed by atoms with Gasteiger partial charge in [-0.1, -0.05) is 47.6 Å². The lowest BCUT2D eigenvalue weighted by atomic mass is 9.58. The Hall–Kier alpha value is -2.88. The van der Waals surface area contributed by atoms with Gasteiger partial charge in [0.1, 0.15) is 11.2 Å². The van der Waals surface area contributed by atoms with E-state index in [9.17, 15) is 4.79 Å². The van der Waals surface area contributed by atoms with Crippen LogP contribution in [0.1, 0.15) is 46.0 Å². The SMILES string of the molecule is Cc1noc(C)c1C1CCc2ccccc2C12C(=O)Nc1ccccc12. The van der Waals surface area contributed by atoms with E-state index in [2.05, 4.69) is 34.7 Å². The zero-order valence-electron chi connectivity index (χ0n) is 14.9. The molecule has 1 aliphatic heterocycles. The molecule has 0 radical (unpaired) electrons. The molecule has 5 rings (SSSR count). The Morgan fingerprint density at radius 1 is 1.08 bits per heavy atom. The summed E-state index contributed by atoms with van der Waals surface area (Å²) in [5.74, 6) is 0.867. The predicted molar refractivity (Wildman–Crippen MR) is 99.3 cm³/mol. The van der Waals surface area contributed by atoms with Crippen LogP contribution in [0.4, 0.5) is 5.69 Å². The average Bonchev–Trinajstić information content (AvgIpc) is 3.14. The summed E-state index contributed by atoms with van der Waals surface area (Å²) in [6.07, 6.45) is 1.84. The predicted octanol–water partition coefficient (Wildman–Crippen LogP) is 4.26.